The van der Waals surface area contributed by atoms with Crippen molar-refractivity contribution >= 4 is 39.0 Å². The maximum atomic E-state index is 13.5. The van der Waals surface area contributed by atoms with Gasteiger partial charge in [-0.25, -0.2) is 0 Å². The van der Waals surface area contributed by atoms with E-state index in [2.05, 4.69) is 15.9 Å². The fourth-order valence-electron chi connectivity index (χ4n) is 4.30. The number of carbonyl (C=O) groups is 3. The first-order chi connectivity index (χ1) is 15.9. The molecule has 0 amide bonds. The lowest BCUT2D eigenvalue weighted by Gasteiger charge is -2.21. The molecule has 2 aliphatic rings. The summed E-state index contributed by atoms with van der Waals surface area (Å²) in [6.07, 6.45) is -1.23. The molecule has 1 heterocycles. The number of hydrogen-bond acceptors (Lipinski definition) is 6. The molecule has 1 aliphatic heterocycles. The van der Waals surface area contributed by atoms with Crippen molar-refractivity contribution in [3.8, 4) is 0 Å². The molecule has 162 valence electrons. The van der Waals surface area contributed by atoms with Crippen molar-refractivity contribution in [2.75, 3.05) is 0 Å². The van der Waals surface area contributed by atoms with Crippen LogP contribution in [0.5, 0.6) is 0 Å². The molecular weight excluding hydrogens is 490 g/mol. The summed E-state index contributed by atoms with van der Waals surface area (Å²) in [4.78, 5) is 50.8. The van der Waals surface area contributed by atoms with Crippen molar-refractivity contribution in [2.24, 2.45) is 0 Å². The first-order valence-electron chi connectivity index (χ1n) is 10.00. The standard InChI is InChI=1S/C25H14BrNO6/c26-15-7-3-5-13(11-15)19-20-22(29)17-9-1-2-10-18(17)23(30)25(20)33-24(19)21(28)14-6-4-8-16(12-14)27(31)32/h1-12,19,24H/t19-,24-/m0/s1. The zero-order valence-corrected chi connectivity index (χ0v) is 18.4. The summed E-state index contributed by atoms with van der Waals surface area (Å²) >= 11 is 3.41. The lowest BCUT2D eigenvalue weighted by atomic mass is 9.78. The summed E-state index contributed by atoms with van der Waals surface area (Å²) in [7, 11) is 0. The van der Waals surface area contributed by atoms with E-state index < -0.39 is 28.5 Å². The Hall–Kier alpha value is -3.91. The Bertz CT molecular complexity index is 1410. The van der Waals surface area contributed by atoms with Crippen molar-refractivity contribution in [2.45, 2.75) is 12.0 Å². The van der Waals surface area contributed by atoms with E-state index in [9.17, 15) is 24.5 Å². The second-order valence-electron chi connectivity index (χ2n) is 7.69. The van der Waals surface area contributed by atoms with Crippen LogP contribution in [-0.2, 0) is 4.74 Å². The van der Waals surface area contributed by atoms with Crippen LogP contribution >= 0.6 is 15.9 Å². The van der Waals surface area contributed by atoms with Gasteiger partial charge in [-0.15, -0.1) is 0 Å². The number of benzene rings is 3. The number of ether oxygens (including phenoxy) is 1. The largest absolute Gasteiger partial charge is 0.477 e. The average molecular weight is 504 g/mol. The van der Waals surface area contributed by atoms with E-state index in [-0.39, 0.29) is 39.5 Å². The van der Waals surface area contributed by atoms with Gasteiger partial charge in [0, 0.05) is 33.3 Å². The zero-order valence-electron chi connectivity index (χ0n) is 16.9. The summed E-state index contributed by atoms with van der Waals surface area (Å²) in [5, 5.41) is 11.2. The van der Waals surface area contributed by atoms with E-state index in [1.165, 1.54) is 24.3 Å². The third-order valence-corrected chi connectivity index (χ3v) is 6.27. The van der Waals surface area contributed by atoms with Crippen molar-refractivity contribution in [3.63, 3.8) is 0 Å². The number of nitro benzene ring substituents is 1. The van der Waals surface area contributed by atoms with Crippen LogP contribution in [0.15, 0.2) is 88.6 Å². The van der Waals surface area contributed by atoms with Gasteiger partial charge in [0.05, 0.1) is 16.4 Å². The third-order valence-electron chi connectivity index (χ3n) is 5.78. The van der Waals surface area contributed by atoms with E-state index in [0.717, 1.165) is 4.47 Å². The van der Waals surface area contributed by atoms with Crippen molar-refractivity contribution in [3.05, 3.63) is 121 Å². The Labute approximate surface area is 196 Å². The minimum atomic E-state index is -1.23. The molecule has 0 N–H and O–H groups in total. The number of allylic oxidation sites excluding steroid dienone is 1. The molecule has 0 unspecified atom stereocenters. The number of nitro groups is 1. The number of ketones is 3. The molecule has 1 aliphatic carbocycles. The molecule has 0 spiro atoms. The molecule has 0 fully saturated rings. The highest BCUT2D eigenvalue weighted by Crippen LogP contribution is 2.46. The van der Waals surface area contributed by atoms with Crippen LogP contribution in [0.4, 0.5) is 5.69 Å². The van der Waals surface area contributed by atoms with E-state index in [0.29, 0.717) is 5.56 Å². The van der Waals surface area contributed by atoms with Gasteiger partial charge < -0.3 is 4.74 Å². The van der Waals surface area contributed by atoms with Gasteiger partial charge in [0.1, 0.15) is 0 Å². The number of Topliss-reactive ketones (excluding diaryl/α,β-unsaturated/α-hetero) is 3. The quantitative estimate of drug-likeness (QED) is 0.280. The van der Waals surface area contributed by atoms with Gasteiger partial charge in [-0.3, -0.25) is 24.5 Å². The van der Waals surface area contributed by atoms with E-state index in [1.807, 2.05) is 0 Å². The maximum Gasteiger partial charge on any atom is 0.270 e. The average Bonchev–Trinajstić information content (AvgIpc) is 3.23. The topological polar surface area (TPSA) is 104 Å². The lowest BCUT2D eigenvalue weighted by Crippen LogP contribution is -2.28. The minimum Gasteiger partial charge on any atom is -0.477 e. The lowest BCUT2D eigenvalue weighted by molar-refractivity contribution is -0.384. The molecule has 0 bridgehead atoms. The summed E-state index contributed by atoms with van der Waals surface area (Å²) in [5.74, 6) is -2.39. The zero-order chi connectivity index (χ0) is 23.3. The van der Waals surface area contributed by atoms with Crippen molar-refractivity contribution in [1.29, 1.82) is 0 Å². The van der Waals surface area contributed by atoms with Gasteiger partial charge >= 0.3 is 0 Å². The molecule has 3 aromatic carbocycles. The van der Waals surface area contributed by atoms with Gasteiger partial charge in [-0.05, 0) is 17.7 Å². The molecule has 0 saturated heterocycles. The van der Waals surface area contributed by atoms with E-state index >= 15 is 0 Å². The molecule has 5 rings (SSSR count). The number of hydrogen-bond donors (Lipinski definition) is 0. The Kier molecular flexibility index (Phi) is 5.02. The predicted octanol–water partition coefficient (Wildman–Crippen LogP) is 5.06. The number of non-ortho nitro benzene ring substituents is 1. The predicted molar refractivity (Wildman–Crippen MR) is 121 cm³/mol. The molecule has 7 nitrogen and oxygen atoms in total. The molecule has 8 heteroatoms. The van der Waals surface area contributed by atoms with Crippen molar-refractivity contribution < 1.29 is 24.0 Å². The molecule has 3 aromatic rings. The van der Waals surface area contributed by atoms with Crippen LogP contribution in [0.25, 0.3) is 0 Å². The van der Waals surface area contributed by atoms with Crippen LogP contribution in [0, 0.1) is 10.1 Å². The van der Waals surface area contributed by atoms with Gasteiger partial charge in [0.15, 0.2) is 17.6 Å². The highest BCUT2D eigenvalue weighted by atomic mass is 79.9. The summed E-state index contributed by atoms with van der Waals surface area (Å²) in [6, 6.07) is 18.8. The first kappa shape index (κ1) is 21.0. The Morgan fingerprint density at radius 3 is 2.30 bits per heavy atom. The Morgan fingerprint density at radius 2 is 1.61 bits per heavy atom. The molecular formula is C25H14BrNO6. The smallest absolute Gasteiger partial charge is 0.270 e. The normalized spacial score (nSPS) is 19.1. The number of nitrogens with zero attached hydrogens (tertiary/aromatic N) is 1. The Balaban J connectivity index is 1.65. The molecule has 0 aromatic heterocycles. The van der Waals surface area contributed by atoms with Crippen molar-refractivity contribution in [1.82, 2.24) is 0 Å². The van der Waals surface area contributed by atoms with Crippen LogP contribution < -0.4 is 0 Å². The van der Waals surface area contributed by atoms with Gasteiger partial charge in [0.2, 0.25) is 11.6 Å². The molecule has 0 radical (unpaired) electrons. The maximum absolute atomic E-state index is 13.5. The number of carbonyl (C=O) groups excluding carboxylic acids is 3. The SMILES string of the molecule is O=C1C2=C(C(=O)c3ccccc31)[C@H](c1cccc(Br)c1)[C@@H](C(=O)c1cccc([N+](=O)[O-])c1)O2. The number of fused-ring (bicyclic) bond motifs is 1. The van der Waals surface area contributed by atoms with Crippen LogP contribution in [0.1, 0.15) is 42.6 Å². The van der Waals surface area contributed by atoms with Crippen LogP contribution in [0.3, 0.4) is 0 Å². The molecule has 0 saturated carbocycles. The fourth-order valence-corrected chi connectivity index (χ4v) is 4.72. The number of halogens is 1. The second-order valence-corrected chi connectivity index (χ2v) is 8.61. The highest BCUT2D eigenvalue weighted by molar-refractivity contribution is 9.10. The minimum absolute atomic E-state index is 0.0615. The Morgan fingerprint density at radius 1 is 0.909 bits per heavy atom. The monoisotopic (exact) mass is 503 g/mol. The van der Waals surface area contributed by atoms with Gasteiger partial charge in [-0.1, -0.05) is 64.5 Å². The van der Waals surface area contributed by atoms with Gasteiger partial charge in [0.25, 0.3) is 5.69 Å². The summed E-state index contributed by atoms with van der Waals surface area (Å²) in [6.45, 7) is 0. The third kappa shape index (κ3) is 3.39. The first-order valence-corrected chi connectivity index (χ1v) is 10.8. The second kappa shape index (κ2) is 7.90. The van der Waals surface area contributed by atoms with E-state index in [4.69, 9.17) is 4.74 Å². The summed E-state index contributed by atoms with van der Waals surface area (Å²) in [5.41, 5.74) is 1.03. The van der Waals surface area contributed by atoms with E-state index in [1.54, 1.807) is 48.5 Å². The number of rotatable bonds is 4. The molecule has 33 heavy (non-hydrogen) atoms. The summed E-state index contributed by atoms with van der Waals surface area (Å²) < 4.78 is 6.63. The van der Waals surface area contributed by atoms with Crippen LogP contribution in [0.2, 0.25) is 0 Å². The van der Waals surface area contributed by atoms with Gasteiger partial charge in [-0.2, -0.15) is 0 Å². The fraction of sp³-hybridized carbons (Fsp3) is 0.0800. The van der Waals surface area contributed by atoms with Crippen LogP contribution in [-0.4, -0.2) is 28.4 Å². The highest BCUT2D eigenvalue weighted by Gasteiger charge is 2.50. The molecule has 2 atom stereocenters.